The summed E-state index contributed by atoms with van der Waals surface area (Å²) >= 11 is 0. The van der Waals surface area contributed by atoms with Crippen LogP contribution in [0.1, 0.15) is 41.3 Å². The third kappa shape index (κ3) is 3.16. The Morgan fingerprint density at radius 2 is 1.92 bits per heavy atom. The van der Waals surface area contributed by atoms with E-state index in [0.29, 0.717) is 12.0 Å². The average Bonchev–Trinajstić information content (AvgIpc) is 2.57. The van der Waals surface area contributed by atoms with Crippen LogP contribution in [0.2, 0.25) is 0 Å². The van der Waals surface area contributed by atoms with Gasteiger partial charge in [0.15, 0.2) is 5.78 Å². The van der Waals surface area contributed by atoms with E-state index in [0.717, 1.165) is 39.8 Å². The standard InChI is InChI=1S/C21H22N2O/c1-4-7-20(24)17-13-22-19-11-10-14(2)12-16(19)21(17)23-18-9-6-5-8-15(18)3/h5-6,8-13H,4,7H2,1-3H3,(H,22,23). The molecule has 122 valence electrons. The van der Waals surface area contributed by atoms with Gasteiger partial charge in [-0.05, 0) is 44.0 Å². The van der Waals surface area contributed by atoms with Crippen LogP contribution in [0.15, 0.2) is 48.7 Å². The number of fused-ring (bicyclic) bond motifs is 1. The van der Waals surface area contributed by atoms with Crippen LogP contribution in [0, 0.1) is 13.8 Å². The summed E-state index contributed by atoms with van der Waals surface area (Å²) < 4.78 is 0. The molecule has 3 heteroatoms. The molecule has 0 unspecified atom stereocenters. The van der Waals surface area contributed by atoms with Crippen LogP contribution >= 0.6 is 0 Å². The van der Waals surface area contributed by atoms with E-state index in [4.69, 9.17) is 0 Å². The van der Waals surface area contributed by atoms with Gasteiger partial charge in [-0.15, -0.1) is 0 Å². The van der Waals surface area contributed by atoms with Crippen molar-refractivity contribution in [3.05, 3.63) is 65.4 Å². The quantitative estimate of drug-likeness (QED) is 0.625. The number of nitrogens with zero attached hydrogens (tertiary/aromatic N) is 1. The maximum Gasteiger partial charge on any atom is 0.166 e. The summed E-state index contributed by atoms with van der Waals surface area (Å²) in [6.45, 7) is 6.13. The van der Waals surface area contributed by atoms with Gasteiger partial charge in [0, 0.05) is 23.7 Å². The lowest BCUT2D eigenvalue weighted by molar-refractivity contribution is 0.0982. The minimum Gasteiger partial charge on any atom is -0.354 e. The highest BCUT2D eigenvalue weighted by molar-refractivity contribution is 6.09. The molecule has 0 radical (unpaired) electrons. The predicted molar refractivity (Wildman–Crippen MR) is 100 cm³/mol. The van der Waals surface area contributed by atoms with E-state index in [-0.39, 0.29) is 5.78 Å². The van der Waals surface area contributed by atoms with E-state index in [1.807, 2.05) is 37.3 Å². The Morgan fingerprint density at radius 3 is 2.67 bits per heavy atom. The van der Waals surface area contributed by atoms with Gasteiger partial charge < -0.3 is 5.32 Å². The molecular formula is C21H22N2O. The normalized spacial score (nSPS) is 10.8. The summed E-state index contributed by atoms with van der Waals surface area (Å²) in [5.41, 5.74) is 5.72. The molecule has 0 saturated heterocycles. The van der Waals surface area contributed by atoms with Crippen molar-refractivity contribution in [2.75, 3.05) is 5.32 Å². The number of anilines is 2. The van der Waals surface area contributed by atoms with Crippen molar-refractivity contribution in [2.24, 2.45) is 0 Å². The van der Waals surface area contributed by atoms with E-state index in [2.05, 4.69) is 36.3 Å². The second-order valence-electron chi connectivity index (χ2n) is 6.18. The highest BCUT2D eigenvalue weighted by Gasteiger charge is 2.16. The van der Waals surface area contributed by atoms with Gasteiger partial charge >= 0.3 is 0 Å². The van der Waals surface area contributed by atoms with E-state index >= 15 is 0 Å². The van der Waals surface area contributed by atoms with Gasteiger partial charge in [-0.25, -0.2) is 0 Å². The first-order valence-corrected chi connectivity index (χ1v) is 8.35. The number of nitrogens with one attached hydrogen (secondary N) is 1. The monoisotopic (exact) mass is 318 g/mol. The molecule has 24 heavy (non-hydrogen) atoms. The third-order valence-corrected chi connectivity index (χ3v) is 4.21. The molecule has 0 aliphatic carbocycles. The second-order valence-corrected chi connectivity index (χ2v) is 6.18. The van der Waals surface area contributed by atoms with Gasteiger partial charge in [0.25, 0.3) is 0 Å². The number of pyridine rings is 1. The largest absolute Gasteiger partial charge is 0.354 e. The number of para-hydroxylation sites is 1. The fraction of sp³-hybridized carbons (Fsp3) is 0.238. The lowest BCUT2D eigenvalue weighted by Gasteiger charge is -2.16. The van der Waals surface area contributed by atoms with Crippen molar-refractivity contribution in [1.82, 2.24) is 4.98 Å². The van der Waals surface area contributed by atoms with Gasteiger partial charge in [0.1, 0.15) is 0 Å². The number of aromatic nitrogens is 1. The number of hydrogen-bond donors (Lipinski definition) is 1. The van der Waals surface area contributed by atoms with Gasteiger partial charge in [0.2, 0.25) is 0 Å². The Balaban J connectivity index is 2.20. The molecule has 0 amide bonds. The zero-order chi connectivity index (χ0) is 17.1. The fourth-order valence-corrected chi connectivity index (χ4v) is 2.86. The van der Waals surface area contributed by atoms with Gasteiger partial charge in [-0.1, -0.05) is 36.8 Å². The van der Waals surface area contributed by atoms with Gasteiger partial charge in [-0.3, -0.25) is 9.78 Å². The number of Topliss-reactive ketones (excluding diaryl/α,β-unsaturated/α-hetero) is 1. The van der Waals surface area contributed by atoms with Crippen LogP contribution < -0.4 is 5.32 Å². The molecular weight excluding hydrogens is 296 g/mol. The summed E-state index contributed by atoms with van der Waals surface area (Å²) in [7, 11) is 0. The SMILES string of the molecule is CCCC(=O)c1cnc2ccc(C)cc2c1Nc1ccccc1C. The maximum atomic E-state index is 12.6. The molecule has 3 nitrogen and oxygen atoms in total. The molecule has 1 aromatic heterocycles. The van der Waals surface area contributed by atoms with Crippen LogP contribution in [-0.4, -0.2) is 10.8 Å². The molecule has 2 aromatic carbocycles. The number of carbonyl (C=O) groups excluding carboxylic acids is 1. The van der Waals surface area contributed by atoms with Crippen LogP contribution in [0.5, 0.6) is 0 Å². The number of benzene rings is 2. The van der Waals surface area contributed by atoms with Crippen LogP contribution in [0.4, 0.5) is 11.4 Å². The van der Waals surface area contributed by atoms with E-state index in [1.165, 1.54) is 0 Å². The van der Waals surface area contributed by atoms with Crippen molar-refractivity contribution in [1.29, 1.82) is 0 Å². The summed E-state index contributed by atoms with van der Waals surface area (Å²) in [6.07, 6.45) is 3.06. The molecule has 3 rings (SSSR count). The minimum atomic E-state index is 0.129. The molecule has 1 heterocycles. The first-order valence-electron chi connectivity index (χ1n) is 8.35. The predicted octanol–water partition coefficient (Wildman–Crippen LogP) is 5.58. The zero-order valence-electron chi connectivity index (χ0n) is 14.4. The second kappa shape index (κ2) is 6.83. The Bertz CT molecular complexity index is 899. The summed E-state index contributed by atoms with van der Waals surface area (Å²) in [5, 5.41) is 4.48. The molecule has 3 aromatic rings. The lowest BCUT2D eigenvalue weighted by Crippen LogP contribution is -2.06. The number of hydrogen-bond acceptors (Lipinski definition) is 3. The van der Waals surface area contributed by atoms with Gasteiger partial charge in [0.05, 0.1) is 16.8 Å². The fourth-order valence-electron chi connectivity index (χ4n) is 2.86. The zero-order valence-corrected chi connectivity index (χ0v) is 14.4. The van der Waals surface area contributed by atoms with Crippen LogP contribution in [-0.2, 0) is 0 Å². The smallest absolute Gasteiger partial charge is 0.166 e. The van der Waals surface area contributed by atoms with Crippen LogP contribution in [0.25, 0.3) is 10.9 Å². The highest BCUT2D eigenvalue weighted by atomic mass is 16.1. The van der Waals surface area contributed by atoms with E-state index < -0.39 is 0 Å². The molecule has 1 N–H and O–H groups in total. The van der Waals surface area contributed by atoms with Crippen molar-refractivity contribution in [2.45, 2.75) is 33.6 Å². The third-order valence-electron chi connectivity index (χ3n) is 4.21. The topological polar surface area (TPSA) is 42.0 Å². The number of ketones is 1. The lowest BCUT2D eigenvalue weighted by atomic mass is 10.0. The number of rotatable bonds is 5. The average molecular weight is 318 g/mol. The molecule has 0 bridgehead atoms. The summed E-state index contributed by atoms with van der Waals surface area (Å²) in [4.78, 5) is 17.1. The van der Waals surface area contributed by atoms with Crippen LogP contribution in [0.3, 0.4) is 0 Å². The number of carbonyl (C=O) groups is 1. The first-order chi connectivity index (χ1) is 11.6. The highest BCUT2D eigenvalue weighted by Crippen LogP contribution is 2.31. The Labute approximate surface area is 142 Å². The molecule has 0 saturated carbocycles. The molecule has 0 aliphatic heterocycles. The summed E-state index contributed by atoms with van der Waals surface area (Å²) in [5.74, 6) is 0.129. The molecule has 0 aliphatic rings. The van der Waals surface area contributed by atoms with Crippen molar-refractivity contribution >= 4 is 28.1 Å². The first kappa shape index (κ1) is 16.2. The summed E-state index contributed by atoms with van der Waals surface area (Å²) in [6, 6.07) is 14.2. The van der Waals surface area contributed by atoms with E-state index in [1.54, 1.807) is 6.20 Å². The number of aryl methyl sites for hydroxylation is 2. The Hall–Kier alpha value is -2.68. The Kier molecular flexibility index (Phi) is 4.61. The van der Waals surface area contributed by atoms with Gasteiger partial charge in [-0.2, -0.15) is 0 Å². The molecule has 0 fully saturated rings. The van der Waals surface area contributed by atoms with Crippen molar-refractivity contribution in [3.63, 3.8) is 0 Å². The maximum absolute atomic E-state index is 12.6. The minimum absolute atomic E-state index is 0.129. The molecule has 0 spiro atoms. The van der Waals surface area contributed by atoms with E-state index in [9.17, 15) is 4.79 Å². The van der Waals surface area contributed by atoms with Crippen molar-refractivity contribution in [3.8, 4) is 0 Å². The molecule has 0 atom stereocenters. The Morgan fingerprint density at radius 1 is 1.12 bits per heavy atom. The van der Waals surface area contributed by atoms with Crippen molar-refractivity contribution < 1.29 is 4.79 Å².